The second-order valence-corrected chi connectivity index (χ2v) is 7.56. The lowest BCUT2D eigenvalue weighted by atomic mass is 9.86. The lowest BCUT2D eigenvalue weighted by Gasteiger charge is -2.20. The molecule has 0 atom stereocenters. The van der Waals surface area contributed by atoms with Crippen LogP contribution in [-0.4, -0.2) is 10.9 Å². The van der Waals surface area contributed by atoms with E-state index >= 15 is 0 Å². The molecule has 0 aliphatic rings. The van der Waals surface area contributed by atoms with Gasteiger partial charge in [-0.05, 0) is 35.2 Å². The number of anilines is 1. The van der Waals surface area contributed by atoms with Crippen LogP contribution in [0.1, 0.15) is 47.1 Å². The van der Waals surface area contributed by atoms with E-state index in [9.17, 15) is 4.79 Å². The van der Waals surface area contributed by atoms with E-state index in [4.69, 9.17) is 0 Å². The first-order chi connectivity index (χ1) is 9.57. The van der Waals surface area contributed by atoms with Gasteiger partial charge in [0.1, 0.15) is 5.82 Å². The fraction of sp³-hybridized carbons (Fsp3) is 0.444. The third-order valence-electron chi connectivity index (χ3n) is 3.48. The van der Waals surface area contributed by atoms with Gasteiger partial charge in [-0.1, -0.05) is 47.6 Å². The number of nitrogens with one attached hydrogen (secondary N) is 1. The summed E-state index contributed by atoms with van der Waals surface area (Å²) < 4.78 is 0. The predicted molar refractivity (Wildman–Crippen MR) is 88.5 cm³/mol. The quantitative estimate of drug-likeness (QED) is 0.836. The van der Waals surface area contributed by atoms with Gasteiger partial charge in [-0.25, -0.2) is 4.98 Å². The first-order valence-corrected chi connectivity index (χ1v) is 7.30. The lowest BCUT2D eigenvalue weighted by Crippen LogP contribution is -2.28. The summed E-state index contributed by atoms with van der Waals surface area (Å²) >= 11 is 0. The van der Waals surface area contributed by atoms with Crippen LogP contribution in [0.4, 0.5) is 5.82 Å². The van der Waals surface area contributed by atoms with E-state index in [1.54, 1.807) is 0 Å². The largest absolute Gasteiger partial charge is 0.310 e. The maximum atomic E-state index is 12.0. The van der Waals surface area contributed by atoms with Crippen molar-refractivity contribution in [2.24, 2.45) is 5.41 Å². The molecule has 0 unspecified atom stereocenters. The van der Waals surface area contributed by atoms with E-state index in [0.717, 1.165) is 10.9 Å². The summed E-state index contributed by atoms with van der Waals surface area (Å²) in [6.45, 7) is 12.2. The van der Waals surface area contributed by atoms with Crippen molar-refractivity contribution >= 4 is 22.6 Å². The zero-order valence-electron chi connectivity index (χ0n) is 13.7. The first kappa shape index (κ1) is 15.5. The predicted octanol–water partition coefficient (Wildman–Crippen LogP) is 4.52. The van der Waals surface area contributed by atoms with Crippen molar-refractivity contribution in [3.63, 3.8) is 0 Å². The molecule has 3 nitrogen and oxygen atoms in total. The molecule has 2 rings (SSSR count). The van der Waals surface area contributed by atoms with Gasteiger partial charge >= 0.3 is 0 Å². The fourth-order valence-corrected chi connectivity index (χ4v) is 1.97. The molecule has 1 heterocycles. The molecular formula is C18H24N2O. The molecule has 0 fully saturated rings. The number of aromatic nitrogens is 1. The third-order valence-corrected chi connectivity index (χ3v) is 3.48. The Morgan fingerprint density at radius 2 is 1.67 bits per heavy atom. The number of amides is 1. The molecule has 0 saturated carbocycles. The highest BCUT2D eigenvalue weighted by atomic mass is 16.2. The Bertz CT molecular complexity index is 676. The Balaban J connectivity index is 2.34. The molecule has 0 saturated heterocycles. The monoisotopic (exact) mass is 284 g/mol. The zero-order chi connectivity index (χ0) is 15.8. The van der Waals surface area contributed by atoms with Crippen LogP contribution in [0, 0.1) is 5.41 Å². The highest BCUT2D eigenvalue weighted by molar-refractivity contribution is 5.94. The summed E-state index contributed by atoms with van der Waals surface area (Å²) in [5.74, 6) is 0.576. The van der Waals surface area contributed by atoms with Crippen LogP contribution in [0.15, 0.2) is 30.3 Å². The summed E-state index contributed by atoms with van der Waals surface area (Å²) in [4.78, 5) is 16.5. The molecule has 2 aromatic rings. The van der Waals surface area contributed by atoms with Crippen LogP contribution >= 0.6 is 0 Å². The highest BCUT2D eigenvalue weighted by Gasteiger charge is 2.21. The summed E-state index contributed by atoms with van der Waals surface area (Å²) in [5.41, 5.74) is 1.87. The number of rotatable bonds is 1. The standard InChI is InChI=1S/C18H24N2O/c1-17(2,3)13-8-9-14-12(11-13)7-10-15(19-14)20-16(21)18(4,5)6/h7-11H,1-6H3,(H,19,20,21). The number of nitrogens with zero attached hydrogens (tertiary/aromatic N) is 1. The molecule has 3 heteroatoms. The Morgan fingerprint density at radius 3 is 2.24 bits per heavy atom. The average molecular weight is 284 g/mol. The Hall–Kier alpha value is -1.90. The fourth-order valence-electron chi connectivity index (χ4n) is 1.97. The number of carbonyl (C=O) groups is 1. The van der Waals surface area contributed by atoms with Crippen molar-refractivity contribution in [2.45, 2.75) is 47.0 Å². The van der Waals surface area contributed by atoms with Gasteiger partial charge < -0.3 is 5.32 Å². The summed E-state index contributed by atoms with van der Waals surface area (Å²) in [6, 6.07) is 10.2. The normalized spacial score (nSPS) is 12.5. The summed E-state index contributed by atoms with van der Waals surface area (Å²) in [7, 11) is 0. The van der Waals surface area contributed by atoms with E-state index < -0.39 is 5.41 Å². The average Bonchev–Trinajstić information content (AvgIpc) is 2.35. The molecular weight excluding hydrogens is 260 g/mol. The Labute approximate surface area is 126 Å². The smallest absolute Gasteiger partial charge is 0.230 e. The molecule has 0 spiro atoms. The summed E-state index contributed by atoms with van der Waals surface area (Å²) in [5, 5.41) is 3.96. The molecule has 1 aromatic carbocycles. The molecule has 0 aliphatic heterocycles. The second kappa shape index (κ2) is 5.14. The number of pyridine rings is 1. The van der Waals surface area contributed by atoms with E-state index in [2.05, 4.69) is 43.2 Å². The van der Waals surface area contributed by atoms with Crippen molar-refractivity contribution in [3.05, 3.63) is 35.9 Å². The Morgan fingerprint density at radius 1 is 1.00 bits per heavy atom. The van der Waals surface area contributed by atoms with Crippen LogP contribution in [0.2, 0.25) is 0 Å². The van der Waals surface area contributed by atoms with Crippen LogP contribution in [0.5, 0.6) is 0 Å². The lowest BCUT2D eigenvalue weighted by molar-refractivity contribution is -0.123. The second-order valence-electron chi connectivity index (χ2n) is 7.56. The Kier molecular flexibility index (Phi) is 3.79. The third kappa shape index (κ3) is 3.60. The number of carbonyl (C=O) groups excluding carboxylic acids is 1. The van der Waals surface area contributed by atoms with E-state index in [0.29, 0.717) is 5.82 Å². The maximum Gasteiger partial charge on any atom is 0.230 e. The highest BCUT2D eigenvalue weighted by Crippen LogP contribution is 2.26. The van der Waals surface area contributed by atoms with Gasteiger partial charge in [0.15, 0.2) is 0 Å². The molecule has 1 N–H and O–H groups in total. The topological polar surface area (TPSA) is 42.0 Å². The van der Waals surface area contributed by atoms with Gasteiger partial charge in [-0.3, -0.25) is 4.79 Å². The SMILES string of the molecule is CC(C)(C)C(=O)Nc1ccc2cc(C(C)(C)C)ccc2n1. The van der Waals surface area contributed by atoms with Crippen molar-refractivity contribution in [2.75, 3.05) is 5.32 Å². The van der Waals surface area contributed by atoms with Crippen LogP contribution in [-0.2, 0) is 10.2 Å². The molecule has 0 radical (unpaired) electrons. The van der Waals surface area contributed by atoms with E-state index in [1.165, 1.54) is 5.56 Å². The number of hydrogen-bond donors (Lipinski definition) is 1. The van der Waals surface area contributed by atoms with Gasteiger partial charge in [0.2, 0.25) is 5.91 Å². The minimum absolute atomic E-state index is 0.0272. The molecule has 1 amide bonds. The minimum Gasteiger partial charge on any atom is -0.310 e. The van der Waals surface area contributed by atoms with Crippen molar-refractivity contribution < 1.29 is 4.79 Å². The number of hydrogen-bond acceptors (Lipinski definition) is 2. The van der Waals surface area contributed by atoms with Gasteiger partial charge in [-0.15, -0.1) is 0 Å². The number of fused-ring (bicyclic) bond motifs is 1. The van der Waals surface area contributed by atoms with Crippen LogP contribution in [0.25, 0.3) is 10.9 Å². The maximum absolute atomic E-state index is 12.0. The molecule has 0 aliphatic carbocycles. The van der Waals surface area contributed by atoms with Gasteiger partial charge in [0.25, 0.3) is 0 Å². The molecule has 0 bridgehead atoms. The molecule has 21 heavy (non-hydrogen) atoms. The van der Waals surface area contributed by atoms with Gasteiger partial charge in [0, 0.05) is 10.8 Å². The van der Waals surface area contributed by atoms with E-state index in [1.807, 2.05) is 39.0 Å². The first-order valence-electron chi connectivity index (χ1n) is 7.30. The van der Waals surface area contributed by atoms with Crippen molar-refractivity contribution in [1.82, 2.24) is 4.98 Å². The van der Waals surface area contributed by atoms with Gasteiger partial charge in [-0.2, -0.15) is 0 Å². The minimum atomic E-state index is -0.424. The summed E-state index contributed by atoms with van der Waals surface area (Å²) in [6.07, 6.45) is 0. The zero-order valence-corrected chi connectivity index (χ0v) is 13.7. The molecule has 112 valence electrons. The van der Waals surface area contributed by atoms with Crippen LogP contribution in [0.3, 0.4) is 0 Å². The number of benzene rings is 1. The van der Waals surface area contributed by atoms with E-state index in [-0.39, 0.29) is 11.3 Å². The van der Waals surface area contributed by atoms with Crippen molar-refractivity contribution in [1.29, 1.82) is 0 Å². The van der Waals surface area contributed by atoms with Crippen molar-refractivity contribution in [3.8, 4) is 0 Å². The van der Waals surface area contributed by atoms with Gasteiger partial charge in [0.05, 0.1) is 5.52 Å². The van der Waals surface area contributed by atoms with Crippen LogP contribution < -0.4 is 5.32 Å². The molecule has 1 aromatic heterocycles.